The number of halogens is 4. The van der Waals surface area contributed by atoms with Crippen LogP contribution in [0.1, 0.15) is 5.56 Å². The van der Waals surface area contributed by atoms with Crippen LogP contribution >= 0.6 is 11.6 Å². The Hall–Kier alpha value is -1.43. The van der Waals surface area contributed by atoms with Crippen molar-refractivity contribution < 1.29 is 22.7 Å². The topological polar surface area (TPSA) is 38.3 Å². The number of benzene rings is 1. The molecule has 0 heterocycles. The van der Waals surface area contributed by atoms with E-state index in [0.29, 0.717) is 0 Å². The van der Waals surface area contributed by atoms with Crippen molar-refractivity contribution in [1.29, 1.82) is 0 Å². The number of methoxy groups -OCH3 is 1. The van der Waals surface area contributed by atoms with Crippen molar-refractivity contribution in [2.75, 3.05) is 12.4 Å². The Kier molecular flexibility index (Phi) is 3.64. The van der Waals surface area contributed by atoms with Gasteiger partial charge in [0.2, 0.25) is 0 Å². The molecule has 1 N–H and O–H groups in total. The molecule has 0 saturated carbocycles. The molecule has 1 aromatic rings. The minimum Gasteiger partial charge on any atom is -0.496 e. The van der Waals surface area contributed by atoms with Crippen LogP contribution in [0.2, 0.25) is 0 Å². The highest BCUT2D eigenvalue weighted by atomic mass is 35.5. The molecule has 0 bridgehead atoms. The van der Waals surface area contributed by atoms with Gasteiger partial charge >= 0.3 is 11.5 Å². The second-order valence-electron chi connectivity index (χ2n) is 2.81. The van der Waals surface area contributed by atoms with E-state index in [2.05, 4.69) is 4.74 Å². The van der Waals surface area contributed by atoms with Gasteiger partial charge in [-0.2, -0.15) is 13.2 Å². The Morgan fingerprint density at radius 3 is 2.50 bits per heavy atom. The van der Waals surface area contributed by atoms with Crippen LogP contribution in [0, 0.1) is 0 Å². The highest BCUT2D eigenvalue weighted by Gasteiger charge is 2.34. The number of hydrogen-bond acceptors (Lipinski definition) is 2. The average molecular weight is 254 g/mol. The highest BCUT2D eigenvalue weighted by molar-refractivity contribution is 6.65. The van der Waals surface area contributed by atoms with Gasteiger partial charge in [0.05, 0.1) is 12.7 Å². The summed E-state index contributed by atoms with van der Waals surface area (Å²) in [7, 11) is 1.13. The molecule has 0 aromatic heterocycles. The summed E-state index contributed by atoms with van der Waals surface area (Å²) in [5.74, 6) is -0.319. The summed E-state index contributed by atoms with van der Waals surface area (Å²) in [5.41, 5.74) is -1.02. The number of amides is 1. The van der Waals surface area contributed by atoms with Gasteiger partial charge in [0, 0.05) is 5.69 Å². The van der Waals surface area contributed by atoms with Crippen molar-refractivity contribution in [2.45, 2.75) is 6.18 Å². The summed E-state index contributed by atoms with van der Waals surface area (Å²) in [6, 6.07) is 3.11. The summed E-state index contributed by atoms with van der Waals surface area (Å²) in [4.78, 5) is 10.5. The smallest absolute Gasteiger partial charge is 0.420 e. The van der Waals surface area contributed by atoms with Crippen LogP contribution in [0.25, 0.3) is 0 Å². The lowest BCUT2D eigenvalue weighted by molar-refractivity contribution is -0.138. The average Bonchev–Trinajstić information content (AvgIpc) is 2.15. The van der Waals surface area contributed by atoms with Gasteiger partial charge in [0.15, 0.2) is 0 Å². The van der Waals surface area contributed by atoms with Crippen LogP contribution in [0.4, 0.5) is 23.7 Å². The number of carbonyl (C=O) groups is 1. The van der Waals surface area contributed by atoms with Crippen LogP contribution in [0.15, 0.2) is 18.2 Å². The largest absolute Gasteiger partial charge is 0.496 e. The van der Waals surface area contributed by atoms with E-state index >= 15 is 0 Å². The molecule has 3 nitrogen and oxygen atoms in total. The third-order valence-electron chi connectivity index (χ3n) is 1.75. The lowest BCUT2D eigenvalue weighted by atomic mass is 10.1. The molecule has 0 atom stereocenters. The fourth-order valence-corrected chi connectivity index (χ4v) is 1.23. The predicted molar refractivity (Wildman–Crippen MR) is 52.9 cm³/mol. The van der Waals surface area contributed by atoms with Crippen molar-refractivity contribution in [3.63, 3.8) is 0 Å². The Morgan fingerprint density at radius 1 is 1.44 bits per heavy atom. The number of alkyl halides is 3. The van der Waals surface area contributed by atoms with Gasteiger partial charge < -0.3 is 10.1 Å². The molecule has 16 heavy (non-hydrogen) atoms. The minimum absolute atomic E-state index is 0.0480. The number of carbonyl (C=O) groups excluding carboxylic acids is 1. The Bertz CT molecular complexity index is 406. The molecule has 1 aromatic carbocycles. The summed E-state index contributed by atoms with van der Waals surface area (Å²) < 4.78 is 42.1. The van der Waals surface area contributed by atoms with Gasteiger partial charge in [-0.1, -0.05) is 0 Å². The molecule has 0 saturated heterocycles. The zero-order valence-corrected chi connectivity index (χ0v) is 8.82. The van der Waals surface area contributed by atoms with Gasteiger partial charge in [-0.15, -0.1) is 0 Å². The van der Waals surface area contributed by atoms with Crippen LogP contribution in [0.3, 0.4) is 0 Å². The lowest BCUT2D eigenvalue weighted by Crippen LogP contribution is -2.09. The molecule has 1 rings (SSSR count). The first kappa shape index (κ1) is 12.6. The molecule has 7 heteroatoms. The molecular formula is C9H7ClF3NO2. The third kappa shape index (κ3) is 3.03. The molecule has 0 aliphatic carbocycles. The first-order valence-electron chi connectivity index (χ1n) is 4.06. The molecular weight excluding hydrogens is 247 g/mol. The van der Waals surface area contributed by atoms with Gasteiger partial charge in [-0.3, -0.25) is 4.79 Å². The predicted octanol–water partition coefficient (Wildman–Crippen LogP) is 3.48. The highest BCUT2D eigenvalue weighted by Crippen LogP contribution is 2.37. The summed E-state index contributed by atoms with van der Waals surface area (Å²) in [6.45, 7) is 0. The number of anilines is 1. The number of hydrogen-bond donors (Lipinski definition) is 1. The number of rotatable bonds is 2. The summed E-state index contributed by atoms with van der Waals surface area (Å²) >= 11 is 4.99. The van der Waals surface area contributed by atoms with Crippen molar-refractivity contribution in [2.24, 2.45) is 0 Å². The fourth-order valence-electron chi connectivity index (χ4n) is 1.12. The van der Waals surface area contributed by atoms with E-state index in [1.807, 2.05) is 5.32 Å². The van der Waals surface area contributed by atoms with Crippen LogP contribution < -0.4 is 10.1 Å². The van der Waals surface area contributed by atoms with E-state index in [-0.39, 0.29) is 11.4 Å². The van der Waals surface area contributed by atoms with Gasteiger partial charge in [0.1, 0.15) is 5.75 Å². The molecule has 0 unspecified atom stereocenters. The Balaban J connectivity index is 3.16. The monoisotopic (exact) mass is 253 g/mol. The van der Waals surface area contributed by atoms with Crippen LogP contribution in [-0.4, -0.2) is 12.5 Å². The van der Waals surface area contributed by atoms with Gasteiger partial charge in [-0.05, 0) is 29.8 Å². The first-order valence-corrected chi connectivity index (χ1v) is 4.44. The van der Waals surface area contributed by atoms with E-state index in [0.717, 1.165) is 19.2 Å². The maximum absolute atomic E-state index is 12.5. The van der Waals surface area contributed by atoms with Gasteiger partial charge in [-0.25, -0.2) is 0 Å². The number of nitrogens with one attached hydrogen (secondary N) is 1. The maximum Gasteiger partial charge on any atom is 0.420 e. The second-order valence-corrected chi connectivity index (χ2v) is 3.15. The van der Waals surface area contributed by atoms with Crippen molar-refractivity contribution in [1.82, 2.24) is 0 Å². The van der Waals surface area contributed by atoms with E-state index < -0.39 is 17.1 Å². The zero-order valence-electron chi connectivity index (χ0n) is 8.06. The molecule has 0 aliphatic rings. The molecule has 0 spiro atoms. The molecule has 0 radical (unpaired) electrons. The van der Waals surface area contributed by atoms with Crippen LogP contribution in [0.5, 0.6) is 5.75 Å². The molecule has 0 aliphatic heterocycles. The third-order valence-corrected chi connectivity index (χ3v) is 1.84. The van der Waals surface area contributed by atoms with E-state index in [9.17, 15) is 18.0 Å². The van der Waals surface area contributed by atoms with Crippen molar-refractivity contribution in [3.05, 3.63) is 23.8 Å². The van der Waals surface area contributed by atoms with E-state index in [4.69, 9.17) is 11.6 Å². The van der Waals surface area contributed by atoms with Crippen molar-refractivity contribution >= 4 is 22.7 Å². The standard InChI is InChI=1S/C9H7ClF3NO2/c1-16-7-3-2-5(14-8(10)15)4-6(7)9(11,12)13/h2-4H,1H3,(H,14,15). The summed E-state index contributed by atoms with van der Waals surface area (Å²) in [6.07, 6.45) is -4.56. The second kappa shape index (κ2) is 4.61. The van der Waals surface area contributed by atoms with Crippen LogP contribution in [-0.2, 0) is 6.18 Å². The lowest BCUT2D eigenvalue weighted by Gasteiger charge is -2.13. The van der Waals surface area contributed by atoms with E-state index in [1.54, 1.807) is 0 Å². The first-order chi connectivity index (χ1) is 7.34. The zero-order chi connectivity index (χ0) is 12.3. The quantitative estimate of drug-likeness (QED) is 0.647. The summed E-state index contributed by atoms with van der Waals surface area (Å²) in [5, 5.41) is 1.08. The van der Waals surface area contributed by atoms with Crippen molar-refractivity contribution in [3.8, 4) is 5.75 Å². The molecule has 1 amide bonds. The number of ether oxygens (including phenoxy) is 1. The Labute approximate surface area is 94.2 Å². The normalized spacial score (nSPS) is 11.1. The SMILES string of the molecule is COc1ccc(NC(=O)Cl)cc1C(F)(F)F. The molecule has 88 valence electrons. The maximum atomic E-state index is 12.5. The minimum atomic E-state index is -4.56. The fraction of sp³-hybridized carbons (Fsp3) is 0.222. The Morgan fingerprint density at radius 2 is 2.06 bits per heavy atom. The van der Waals surface area contributed by atoms with E-state index in [1.165, 1.54) is 6.07 Å². The molecule has 0 fully saturated rings. The van der Waals surface area contributed by atoms with Gasteiger partial charge in [0.25, 0.3) is 0 Å².